The molecule has 2 unspecified atom stereocenters. The van der Waals surface area contributed by atoms with Crippen LogP contribution < -0.4 is 10.6 Å². The zero-order valence-electron chi connectivity index (χ0n) is 22.6. The van der Waals surface area contributed by atoms with Crippen LogP contribution in [0.4, 0.5) is 15.3 Å². The van der Waals surface area contributed by atoms with Gasteiger partial charge in [0.2, 0.25) is 0 Å². The lowest BCUT2D eigenvalue weighted by atomic mass is 9.49. The van der Waals surface area contributed by atoms with Crippen molar-refractivity contribution in [2.45, 2.75) is 46.5 Å². The van der Waals surface area contributed by atoms with E-state index in [0.717, 1.165) is 44.8 Å². The molecule has 1 aliphatic heterocycles. The Morgan fingerprint density at radius 1 is 1.22 bits per heavy atom. The largest absolute Gasteiger partial charge is 0.338 e. The van der Waals surface area contributed by atoms with Gasteiger partial charge in [-0.3, -0.25) is 4.90 Å². The number of allylic oxidation sites excluding steroid dienone is 1. The first-order valence-corrected chi connectivity index (χ1v) is 13.8. The summed E-state index contributed by atoms with van der Waals surface area (Å²) in [5.41, 5.74) is 2.94. The van der Waals surface area contributed by atoms with E-state index in [9.17, 15) is 9.59 Å². The third kappa shape index (κ3) is 6.45. The fourth-order valence-corrected chi connectivity index (χ4v) is 5.92. The molecule has 1 aromatic rings. The summed E-state index contributed by atoms with van der Waals surface area (Å²) in [4.78, 5) is 32.0. The second-order valence-corrected chi connectivity index (χ2v) is 11.3. The molecule has 4 aliphatic rings. The first-order chi connectivity index (χ1) is 17.8. The number of hydrogen-bond donors (Lipinski definition) is 2. The molecule has 5 rings (SSSR count). The number of rotatable bonds is 9. The van der Waals surface area contributed by atoms with Crippen molar-refractivity contribution in [1.29, 1.82) is 5.26 Å². The molecular formula is C29H42N6O2. The monoisotopic (exact) mass is 506 g/mol. The van der Waals surface area contributed by atoms with Gasteiger partial charge in [-0.2, -0.15) is 5.26 Å². The minimum absolute atomic E-state index is 0.0335. The average Bonchev–Trinajstić information content (AvgIpc) is 2.91. The normalized spacial score (nSPS) is 22.3. The van der Waals surface area contributed by atoms with Gasteiger partial charge in [-0.1, -0.05) is 44.9 Å². The number of urea groups is 2. The Bertz CT molecular complexity index is 1040. The van der Waals surface area contributed by atoms with Crippen LogP contribution >= 0.6 is 0 Å². The molecule has 2 N–H and O–H groups in total. The first kappa shape index (κ1) is 27.0. The van der Waals surface area contributed by atoms with Crippen molar-refractivity contribution in [1.82, 2.24) is 20.0 Å². The number of carbonyl (C=O) groups excluding carboxylic acids is 2. The molecule has 37 heavy (non-hydrogen) atoms. The smallest absolute Gasteiger partial charge is 0.321 e. The molecular weight excluding hydrogens is 464 g/mol. The average molecular weight is 507 g/mol. The van der Waals surface area contributed by atoms with Crippen LogP contribution in [0.1, 0.15) is 52.0 Å². The van der Waals surface area contributed by atoms with E-state index in [0.29, 0.717) is 55.3 Å². The number of benzene rings is 1. The Hall–Kier alpha value is -3.05. The van der Waals surface area contributed by atoms with Crippen molar-refractivity contribution in [2.24, 2.45) is 17.3 Å². The molecule has 2 fully saturated rings. The molecule has 0 spiro atoms. The van der Waals surface area contributed by atoms with E-state index >= 15 is 0 Å². The highest BCUT2D eigenvalue weighted by Gasteiger charge is 2.51. The Kier molecular flexibility index (Phi) is 8.75. The van der Waals surface area contributed by atoms with Crippen LogP contribution in [0, 0.1) is 28.6 Å². The fraction of sp³-hybridized carbons (Fsp3) is 0.621. The number of nitriles is 1. The van der Waals surface area contributed by atoms with Gasteiger partial charge in [0.25, 0.3) is 0 Å². The predicted octanol–water partition coefficient (Wildman–Crippen LogP) is 4.51. The lowest BCUT2D eigenvalue weighted by molar-refractivity contribution is -0.00982. The maximum absolute atomic E-state index is 13.1. The summed E-state index contributed by atoms with van der Waals surface area (Å²) >= 11 is 0. The van der Waals surface area contributed by atoms with Crippen LogP contribution in [0.5, 0.6) is 0 Å². The second kappa shape index (κ2) is 12.0. The van der Waals surface area contributed by atoms with E-state index in [1.165, 1.54) is 12.0 Å². The topological polar surface area (TPSA) is 91.7 Å². The minimum atomic E-state index is -0.141. The lowest BCUT2D eigenvalue weighted by Crippen LogP contribution is -2.53. The second-order valence-electron chi connectivity index (χ2n) is 11.3. The van der Waals surface area contributed by atoms with Gasteiger partial charge in [0.1, 0.15) is 0 Å². The molecule has 3 aliphatic carbocycles. The van der Waals surface area contributed by atoms with Crippen molar-refractivity contribution < 1.29 is 9.59 Å². The third-order valence-electron chi connectivity index (χ3n) is 8.64. The van der Waals surface area contributed by atoms with Gasteiger partial charge in [-0.15, -0.1) is 0 Å². The standard InChI is InChI=1S/C29H42N6O2/c1-4-5-11-31-27(36)35(21-23-9-10-24-19-26(23)29(24,2)3)17-14-33-12-15-34(16-13-33)28(37)32-25-8-6-7-22(18-25)20-30/h6-9,18,24,26H,4-5,10-17,19,21H2,1-3H3,(H,31,36)(H,32,37). The number of carbonyl (C=O) groups is 2. The number of nitrogens with zero attached hydrogens (tertiary/aromatic N) is 4. The number of hydrogen-bond acceptors (Lipinski definition) is 4. The Labute approximate surface area is 221 Å². The summed E-state index contributed by atoms with van der Waals surface area (Å²) in [5, 5.41) is 15.1. The Morgan fingerprint density at radius 3 is 2.68 bits per heavy atom. The van der Waals surface area contributed by atoms with Gasteiger partial charge < -0.3 is 20.4 Å². The maximum atomic E-state index is 13.1. The number of unbranched alkanes of at least 4 members (excludes halogenated alkanes) is 1. The number of amides is 4. The minimum Gasteiger partial charge on any atom is -0.338 e. The molecule has 8 heteroatoms. The highest BCUT2D eigenvalue weighted by Crippen LogP contribution is 2.59. The van der Waals surface area contributed by atoms with Crippen molar-refractivity contribution in [2.75, 3.05) is 57.7 Å². The summed E-state index contributed by atoms with van der Waals surface area (Å²) in [6.45, 7) is 12.6. The Morgan fingerprint density at radius 2 is 2.00 bits per heavy atom. The number of piperazine rings is 1. The summed E-state index contributed by atoms with van der Waals surface area (Å²) in [7, 11) is 0. The van der Waals surface area contributed by atoms with Crippen molar-refractivity contribution in [3.63, 3.8) is 0 Å². The van der Waals surface area contributed by atoms with Crippen molar-refractivity contribution in [3.05, 3.63) is 41.5 Å². The van der Waals surface area contributed by atoms with Gasteiger partial charge in [-0.25, -0.2) is 9.59 Å². The predicted molar refractivity (Wildman–Crippen MR) is 146 cm³/mol. The van der Waals surface area contributed by atoms with E-state index in [2.05, 4.69) is 48.4 Å². The van der Waals surface area contributed by atoms with Crippen molar-refractivity contribution in [3.8, 4) is 6.07 Å². The number of anilines is 1. The summed E-state index contributed by atoms with van der Waals surface area (Å²) in [6, 6.07) is 8.95. The zero-order chi connectivity index (χ0) is 26.4. The van der Waals surface area contributed by atoms with Crippen LogP contribution in [-0.2, 0) is 0 Å². The summed E-state index contributed by atoms with van der Waals surface area (Å²) in [5.74, 6) is 1.38. The molecule has 2 bridgehead atoms. The van der Waals surface area contributed by atoms with Gasteiger partial charge in [0.05, 0.1) is 11.6 Å². The zero-order valence-corrected chi connectivity index (χ0v) is 22.6. The molecule has 2 atom stereocenters. The van der Waals surface area contributed by atoms with E-state index in [1.807, 2.05) is 9.80 Å². The van der Waals surface area contributed by atoms with Crippen LogP contribution in [0.2, 0.25) is 0 Å². The first-order valence-electron chi connectivity index (χ1n) is 13.8. The molecule has 200 valence electrons. The van der Waals surface area contributed by atoms with E-state index in [1.54, 1.807) is 24.3 Å². The number of nitrogens with one attached hydrogen (secondary N) is 2. The van der Waals surface area contributed by atoms with Gasteiger partial charge >= 0.3 is 12.1 Å². The molecule has 1 aromatic carbocycles. The fourth-order valence-electron chi connectivity index (χ4n) is 5.92. The van der Waals surface area contributed by atoms with Crippen LogP contribution in [0.15, 0.2) is 35.9 Å². The molecule has 1 saturated heterocycles. The molecule has 4 amide bonds. The van der Waals surface area contributed by atoms with Crippen LogP contribution in [-0.4, -0.2) is 79.1 Å². The Balaban J connectivity index is 1.28. The van der Waals surface area contributed by atoms with Crippen LogP contribution in [0.3, 0.4) is 0 Å². The van der Waals surface area contributed by atoms with Gasteiger partial charge in [-0.05, 0) is 54.7 Å². The maximum Gasteiger partial charge on any atom is 0.321 e. The van der Waals surface area contributed by atoms with Gasteiger partial charge in [0, 0.05) is 58.0 Å². The quantitative estimate of drug-likeness (QED) is 0.381. The molecule has 1 saturated carbocycles. The summed E-state index contributed by atoms with van der Waals surface area (Å²) in [6.07, 6.45) is 6.83. The van der Waals surface area contributed by atoms with Gasteiger partial charge in [0.15, 0.2) is 0 Å². The lowest BCUT2D eigenvalue weighted by Gasteiger charge is -2.57. The number of fused-ring (bicyclic) bond motifs is 1. The highest BCUT2D eigenvalue weighted by atomic mass is 16.2. The van der Waals surface area contributed by atoms with Crippen molar-refractivity contribution >= 4 is 17.7 Å². The van der Waals surface area contributed by atoms with E-state index < -0.39 is 0 Å². The van der Waals surface area contributed by atoms with E-state index in [-0.39, 0.29) is 12.1 Å². The molecule has 0 aromatic heterocycles. The van der Waals surface area contributed by atoms with E-state index in [4.69, 9.17) is 5.26 Å². The molecule has 1 heterocycles. The van der Waals surface area contributed by atoms with Crippen LogP contribution in [0.25, 0.3) is 0 Å². The highest BCUT2D eigenvalue weighted by molar-refractivity contribution is 5.89. The molecule has 0 radical (unpaired) electrons. The third-order valence-corrected chi connectivity index (χ3v) is 8.64. The molecule has 8 nitrogen and oxygen atoms in total. The summed E-state index contributed by atoms with van der Waals surface area (Å²) < 4.78 is 0. The SMILES string of the molecule is CCCCNC(=O)N(CCN1CCN(C(=O)Nc2cccc(C#N)c2)CC1)CC1=CCC2CC1C2(C)C.